The molecule has 0 amide bonds. The number of hydrogen-bond donors (Lipinski definition) is 1. The fraction of sp³-hybridized carbons (Fsp3) is 0.625. The van der Waals surface area contributed by atoms with Gasteiger partial charge < -0.3 is 5.73 Å². The molecule has 2 N–H and O–H groups in total. The van der Waals surface area contributed by atoms with Gasteiger partial charge in [-0.3, -0.25) is 4.90 Å². The van der Waals surface area contributed by atoms with Crippen LogP contribution >= 0.6 is 0 Å². The van der Waals surface area contributed by atoms with Gasteiger partial charge in [0.2, 0.25) is 0 Å². The van der Waals surface area contributed by atoms with Crippen molar-refractivity contribution in [2.45, 2.75) is 57.7 Å². The van der Waals surface area contributed by atoms with Crippen LogP contribution in [0.3, 0.4) is 0 Å². The van der Waals surface area contributed by atoms with Gasteiger partial charge in [0.15, 0.2) is 0 Å². The largest absolute Gasteiger partial charge is 0.326 e. The number of likely N-dealkylation sites (tertiary alicyclic amines) is 1. The van der Waals surface area contributed by atoms with Crippen molar-refractivity contribution >= 4 is 0 Å². The molecule has 2 atom stereocenters. The highest BCUT2D eigenvalue weighted by Gasteiger charge is 2.39. The van der Waals surface area contributed by atoms with Gasteiger partial charge in [-0.05, 0) is 62.8 Å². The Bertz CT molecular complexity index is 437. The molecule has 1 heterocycles. The van der Waals surface area contributed by atoms with E-state index in [1.165, 1.54) is 48.9 Å². The van der Waals surface area contributed by atoms with Crippen LogP contribution in [0, 0.1) is 13.8 Å². The van der Waals surface area contributed by atoms with Gasteiger partial charge in [0, 0.05) is 12.1 Å². The van der Waals surface area contributed by atoms with Crippen LogP contribution in [-0.2, 0) is 0 Å². The first-order valence-corrected chi connectivity index (χ1v) is 7.25. The lowest BCUT2D eigenvalue weighted by atomic mass is 9.89. The first kappa shape index (κ1) is 12.2. The fourth-order valence-corrected chi connectivity index (χ4v) is 3.26. The van der Waals surface area contributed by atoms with Gasteiger partial charge >= 0.3 is 0 Å². The Morgan fingerprint density at radius 2 is 1.89 bits per heavy atom. The SMILES string of the molecule is Cc1ccc(C2C(N)CCCN2C2CC2)cc1C. The number of aryl methyl sites for hydroxylation is 2. The Balaban J connectivity index is 1.92. The molecule has 2 heteroatoms. The zero-order valence-electron chi connectivity index (χ0n) is 11.5. The molecule has 2 aliphatic rings. The van der Waals surface area contributed by atoms with Crippen molar-refractivity contribution in [3.05, 3.63) is 34.9 Å². The normalized spacial score (nSPS) is 29.5. The number of rotatable bonds is 2. The average molecular weight is 244 g/mol. The number of nitrogens with zero attached hydrogens (tertiary/aromatic N) is 1. The molecule has 1 aliphatic heterocycles. The summed E-state index contributed by atoms with van der Waals surface area (Å²) in [6, 6.07) is 8.44. The highest BCUT2D eigenvalue weighted by molar-refractivity contribution is 5.33. The first-order chi connectivity index (χ1) is 8.66. The van der Waals surface area contributed by atoms with E-state index in [4.69, 9.17) is 5.73 Å². The Morgan fingerprint density at radius 3 is 2.56 bits per heavy atom. The van der Waals surface area contributed by atoms with Crippen LogP contribution in [0.2, 0.25) is 0 Å². The molecule has 0 aromatic heterocycles. The highest BCUT2D eigenvalue weighted by atomic mass is 15.2. The van der Waals surface area contributed by atoms with Crippen LogP contribution < -0.4 is 5.73 Å². The number of benzene rings is 1. The molecule has 1 aliphatic carbocycles. The summed E-state index contributed by atoms with van der Waals surface area (Å²) in [6.45, 7) is 5.61. The summed E-state index contributed by atoms with van der Waals surface area (Å²) < 4.78 is 0. The summed E-state index contributed by atoms with van der Waals surface area (Å²) in [5.74, 6) is 0. The molecule has 0 bridgehead atoms. The third kappa shape index (κ3) is 2.19. The van der Waals surface area contributed by atoms with Crippen LogP contribution in [0.5, 0.6) is 0 Å². The topological polar surface area (TPSA) is 29.3 Å². The zero-order chi connectivity index (χ0) is 12.7. The molecule has 1 saturated carbocycles. The van der Waals surface area contributed by atoms with Crippen LogP contribution in [-0.4, -0.2) is 23.5 Å². The monoisotopic (exact) mass is 244 g/mol. The van der Waals surface area contributed by atoms with E-state index >= 15 is 0 Å². The Morgan fingerprint density at radius 1 is 1.11 bits per heavy atom. The summed E-state index contributed by atoms with van der Waals surface area (Å²) in [5, 5.41) is 0. The summed E-state index contributed by atoms with van der Waals surface area (Å²) in [5.41, 5.74) is 10.6. The maximum Gasteiger partial charge on any atom is 0.0502 e. The summed E-state index contributed by atoms with van der Waals surface area (Å²) in [7, 11) is 0. The van der Waals surface area contributed by atoms with Crippen LogP contribution in [0.1, 0.15) is 48.4 Å². The maximum atomic E-state index is 6.41. The first-order valence-electron chi connectivity index (χ1n) is 7.25. The minimum absolute atomic E-state index is 0.307. The average Bonchev–Trinajstić information content (AvgIpc) is 3.17. The van der Waals surface area contributed by atoms with Gasteiger partial charge in [-0.15, -0.1) is 0 Å². The lowest BCUT2D eigenvalue weighted by Crippen LogP contribution is -2.46. The Hall–Kier alpha value is -0.860. The lowest BCUT2D eigenvalue weighted by molar-refractivity contribution is 0.120. The number of nitrogens with two attached hydrogens (primary N) is 1. The summed E-state index contributed by atoms with van der Waals surface area (Å²) in [4.78, 5) is 2.66. The minimum Gasteiger partial charge on any atom is -0.326 e. The molecular formula is C16H24N2. The van der Waals surface area contributed by atoms with Crippen LogP contribution in [0.25, 0.3) is 0 Å². The lowest BCUT2D eigenvalue weighted by Gasteiger charge is -2.40. The van der Waals surface area contributed by atoms with E-state index in [0.717, 1.165) is 6.04 Å². The standard InChI is InChI=1S/C16H24N2/c1-11-5-6-13(10-12(11)2)16-15(17)4-3-9-18(16)14-7-8-14/h5-6,10,14-16H,3-4,7-9,17H2,1-2H3. The van der Waals surface area contributed by atoms with Crippen molar-refractivity contribution in [1.29, 1.82) is 0 Å². The smallest absolute Gasteiger partial charge is 0.0502 e. The molecule has 98 valence electrons. The number of piperidine rings is 1. The molecule has 1 aromatic rings. The predicted octanol–water partition coefficient (Wildman–Crippen LogP) is 2.93. The molecule has 0 spiro atoms. The van der Waals surface area contributed by atoms with Gasteiger partial charge in [0.1, 0.15) is 0 Å². The number of hydrogen-bond acceptors (Lipinski definition) is 2. The van der Waals surface area contributed by atoms with Crippen LogP contribution in [0.15, 0.2) is 18.2 Å². The fourth-order valence-electron chi connectivity index (χ4n) is 3.26. The van der Waals surface area contributed by atoms with Gasteiger partial charge in [-0.2, -0.15) is 0 Å². The molecule has 2 fully saturated rings. The molecule has 0 radical (unpaired) electrons. The van der Waals surface area contributed by atoms with Crippen molar-refractivity contribution in [2.75, 3.05) is 6.54 Å². The minimum atomic E-state index is 0.307. The predicted molar refractivity (Wildman–Crippen MR) is 75.6 cm³/mol. The van der Waals surface area contributed by atoms with E-state index in [1.807, 2.05) is 0 Å². The van der Waals surface area contributed by atoms with Crippen molar-refractivity contribution in [3.8, 4) is 0 Å². The van der Waals surface area contributed by atoms with E-state index in [9.17, 15) is 0 Å². The molecule has 3 rings (SSSR count). The summed E-state index contributed by atoms with van der Waals surface area (Å²) >= 11 is 0. The van der Waals surface area contributed by atoms with Gasteiger partial charge in [0.05, 0.1) is 6.04 Å². The van der Waals surface area contributed by atoms with Crippen molar-refractivity contribution in [3.63, 3.8) is 0 Å². The van der Waals surface area contributed by atoms with Crippen molar-refractivity contribution < 1.29 is 0 Å². The molecule has 2 nitrogen and oxygen atoms in total. The third-order valence-electron chi connectivity index (χ3n) is 4.60. The zero-order valence-corrected chi connectivity index (χ0v) is 11.5. The maximum absolute atomic E-state index is 6.41. The van der Waals surface area contributed by atoms with E-state index in [0.29, 0.717) is 12.1 Å². The van der Waals surface area contributed by atoms with E-state index in [-0.39, 0.29) is 0 Å². The summed E-state index contributed by atoms with van der Waals surface area (Å²) in [6.07, 6.45) is 5.17. The Labute approximate surface area is 110 Å². The van der Waals surface area contributed by atoms with Crippen LogP contribution in [0.4, 0.5) is 0 Å². The highest BCUT2D eigenvalue weighted by Crippen LogP contribution is 2.39. The van der Waals surface area contributed by atoms with Crippen molar-refractivity contribution in [1.82, 2.24) is 4.90 Å². The third-order valence-corrected chi connectivity index (χ3v) is 4.60. The molecule has 1 saturated heterocycles. The second-order valence-corrected chi connectivity index (χ2v) is 6.06. The molecule has 1 aromatic carbocycles. The van der Waals surface area contributed by atoms with Gasteiger partial charge in [-0.1, -0.05) is 18.2 Å². The molecule has 18 heavy (non-hydrogen) atoms. The van der Waals surface area contributed by atoms with E-state index in [1.54, 1.807) is 0 Å². The second kappa shape index (κ2) is 4.67. The molecule has 2 unspecified atom stereocenters. The van der Waals surface area contributed by atoms with E-state index < -0.39 is 0 Å². The Kier molecular flexibility index (Phi) is 3.16. The van der Waals surface area contributed by atoms with Gasteiger partial charge in [0.25, 0.3) is 0 Å². The van der Waals surface area contributed by atoms with Crippen molar-refractivity contribution in [2.24, 2.45) is 5.73 Å². The molecular weight excluding hydrogens is 220 g/mol. The van der Waals surface area contributed by atoms with Gasteiger partial charge in [-0.25, -0.2) is 0 Å². The quantitative estimate of drug-likeness (QED) is 0.866. The second-order valence-electron chi connectivity index (χ2n) is 6.06. The van der Waals surface area contributed by atoms with E-state index in [2.05, 4.69) is 36.9 Å².